The number of hydrogen-bond donors (Lipinski definition) is 1. The molecule has 2 aromatic carbocycles. The minimum atomic E-state index is -4.20. The number of ether oxygens (including phenoxy) is 2. The Bertz CT molecular complexity index is 628. The molecule has 142 valence electrons. The van der Waals surface area contributed by atoms with Crippen LogP contribution in [-0.4, -0.2) is 31.1 Å². The monoisotopic (exact) mass is 537 g/mol. The van der Waals surface area contributed by atoms with E-state index in [0.717, 1.165) is 16.9 Å². The van der Waals surface area contributed by atoms with E-state index in [9.17, 15) is 13.2 Å². The van der Waals surface area contributed by atoms with Crippen LogP contribution in [0.3, 0.4) is 0 Å². The van der Waals surface area contributed by atoms with Crippen LogP contribution < -0.4 is 9.47 Å². The Labute approximate surface area is 165 Å². The first-order chi connectivity index (χ1) is 12.0. The molecular weight excluding hydrogens is 517 g/mol. The fraction of sp³-hybridized carbons (Fsp3) is 0.316. The van der Waals surface area contributed by atoms with Crippen molar-refractivity contribution in [3.8, 4) is 11.5 Å². The molecule has 0 spiro atoms. The molecule has 2 rings (SSSR count). The second kappa shape index (κ2) is 11.2. The summed E-state index contributed by atoms with van der Waals surface area (Å²) in [5.41, 5.74) is 2.12. The zero-order valence-corrected chi connectivity index (χ0v) is 17.0. The van der Waals surface area contributed by atoms with Gasteiger partial charge in [0.25, 0.3) is 0 Å². The molecular formula is C19H20F3O3W-. The van der Waals surface area contributed by atoms with Gasteiger partial charge in [0.2, 0.25) is 0 Å². The SMILES string of the molecule is OC[CH-]COc1ccc(Cc2ccc(OCCC(F)(F)F)cc2)cc1.[W]. The molecule has 0 bridgehead atoms. The molecule has 26 heavy (non-hydrogen) atoms. The van der Waals surface area contributed by atoms with Gasteiger partial charge in [-0.05, 0) is 48.4 Å². The molecule has 0 atom stereocenters. The number of aliphatic hydroxyl groups excluding tert-OH is 1. The van der Waals surface area contributed by atoms with Gasteiger partial charge in [0.1, 0.15) is 11.5 Å². The molecule has 0 aliphatic rings. The molecule has 0 aliphatic carbocycles. The predicted octanol–water partition coefficient (Wildman–Crippen LogP) is 4.18. The standard InChI is InChI=1S/C19H20F3O3.W/c20-19(21,22)10-13-25-18-8-4-16(5-9-18)14-15-2-6-17(7-3-15)24-12-1-11-23;/h1-9,23H,10-14H2;/q-1;. The summed E-state index contributed by atoms with van der Waals surface area (Å²) in [7, 11) is 0. The third-order valence-electron chi connectivity index (χ3n) is 3.41. The second-order valence-electron chi connectivity index (χ2n) is 5.46. The van der Waals surface area contributed by atoms with E-state index in [1.165, 1.54) is 0 Å². The first kappa shape index (κ1) is 22.5. The van der Waals surface area contributed by atoms with Crippen molar-refractivity contribution < 1.29 is 48.8 Å². The van der Waals surface area contributed by atoms with Crippen LogP contribution in [0, 0.1) is 6.42 Å². The zero-order chi connectivity index (χ0) is 18.1. The molecule has 0 saturated carbocycles. The third-order valence-corrected chi connectivity index (χ3v) is 3.41. The molecule has 1 N–H and O–H groups in total. The van der Waals surface area contributed by atoms with Gasteiger partial charge in [-0.1, -0.05) is 30.9 Å². The van der Waals surface area contributed by atoms with Crippen LogP contribution >= 0.6 is 0 Å². The summed E-state index contributed by atoms with van der Waals surface area (Å²) in [6, 6.07) is 14.6. The van der Waals surface area contributed by atoms with Crippen molar-refractivity contribution in [1.29, 1.82) is 0 Å². The van der Waals surface area contributed by atoms with Gasteiger partial charge in [-0.2, -0.15) is 13.2 Å². The zero-order valence-electron chi connectivity index (χ0n) is 14.0. The van der Waals surface area contributed by atoms with Gasteiger partial charge in [-0.15, -0.1) is 0 Å². The number of rotatable bonds is 9. The summed E-state index contributed by atoms with van der Waals surface area (Å²) in [5.74, 6) is 1.15. The Hall–Kier alpha value is -1.52. The van der Waals surface area contributed by atoms with Gasteiger partial charge in [0.05, 0.1) is 13.0 Å². The Morgan fingerprint density at radius 2 is 1.35 bits per heavy atom. The van der Waals surface area contributed by atoms with Crippen LogP contribution in [0.25, 0.3) is 0 Å². The topological polar surface area (TPSA) is 38.7 Å². The maximum atomic E-state index is 12.1. The molecule has 2 aromatic rings. The van der Waals surface area contributed by atoms with Crippen molar-refractivity contribution in [2.24, 2.45) is 0 Å². The minimum absolute atomic E-state index is 0. The summed E-state index contributed by atoms with van der Waals surface area (Å²) in [4.78, 5) is 0. The van der Waals surface area contributed by atoms with E-state index < -0.39 is 12.6 Å². The van der Waals surface area contributed by atoms with Crippen LogP contribution in [0.15, 0.2) is 48.5 Å². The largest absolute Gasteiger partial charge is 0.525 e. The van der Waals surface area contributed by atoms with Crippen LogP contribution in [0.5, 0.6) is 11.5 Å². The second-order valence-corrected chi connectivity index (χ2v) is 5.46. The maximum absolute atomic E-state index is 12.1. The van der Waals surface area contributed by atoms with Crippen molar-refractivity contribution in [3.05, 3.63) is 66.1 Å². The van der Waals surface area contributed by atoms with Gasteiger partial charge in [0, 0.05) is 21.1 Å². The summed E-state index contributed by atoms with van der Waals surface area (Å²) in [5, 5.41) is 8.66. The van der Waals surface area contributed by atoms with E-state index in [-0.39, 0.29) is 34.3 Å². The predicted molar refractivity (Wildman–Crippen MR) is 88.7 cm³/mol. The summed E-state index contributed by atoms with van der Waals surface area (Å²) < 4.78 is 46.7. The Morgan fingerprint density at radius 3 is 1.81 bits per heavy atom. The molecule has 0 amide bonds. The van der Waals surface area contributed by atoms with Gasteiger partial charge in [-0.3, -0.25) is 6.42 Å². The smallest absolute Gasteiger partial charge is 0.392 e. The average molecular weight is 537 g/mol. The number of alkyl halides is 3. The van der Waals surface area contributed by atoms with E-state index in [0.29, 0.717) is 18.8 Å². The number of aliphatic hydroxyl groups is 1. The Balaban J connectivity index is 0.00000338. The third kappa shape index (κ3) is 8.72. The van der Waals surface area contributed by atoms with Crippen molar-refractivity contribution in [3.63, 3.8) is 0 Å². The van der Waals surface area contributed by atoms with E-state index in [1.807, 2.05) is 36.4 Å². The van der Waals surface area contributed by atoms with Crippen molar-refractivity contribution in [2.45, 2.75) is 19.0 Å². The first-order valence-electron chi connectivity index (χ1n) is 7.89. The van der Waals surface area contributed by atoms with Gasteiger partial charge >= 0.3 is 6.18 Å². The molecule has 0 unspecified atom stereocenters. The minimum Gasteiger partial charge on any atom is -0.525 e. The molecule has 0 heterocycles. The van der Waals surface area contributed by atoms with E-state index in [1.54, 1.807) is 18.6 Å². The molecule has 0 aromatic heterocycles. The van der Waals surface area contributed by atoms with E-state index >= 15 is 0 Å². The summed E-state index contributed by atoms with van der Waals surface area (Å²) in [6.07, 6.45) is -2.84. The molecule has 7 heteroatoms. The van der Waals surface area contributed by atoms with Gasteiger partial charge < -0.3 is 14.6 Å². The van der Waals surface area contributed by atoms with Crippen LogP contribution in [-0.2, 0) is 27.5 Å². The van der Waals surface area contributed by atoms with Crippen LogP contribution in [0.4, 0.5) is 13.2 Å². The van der Waals surface area contributed by atoms with E-state index in [2.05, 4.69) is 0 Å². The molecule has 0 radical (unpaired) electrons. The first-order valence-corrected chi connectivity index (χ1v) is 7.89. The fourth-order valence-electron chi connectivity index (χ4n) is 2.14. The summed E-state index contributed by atoms with van der Waals surface area (Å²) >= 11 is 0. The van der Waals surface area contributed by atoms with Crippen LogP contribution in [0.2, 0.25) is 0 Å². The van der Waals surface area contributed by atoms with Gasteiger partial charge in [-0.25, -0.2) is 0 Å². The average Bonchev–Trinajstić information content (AvgIpc) is 2.57. The van der Waals surface area contributed by atoms with E-state index in [4.69, 9.17) is 14.6 Å². The summed E-state index contributed by atoms with van der Waals surface area (Å²) in [6.45, 7) is -0.0440. The quantitative estimate of drug-likeness (QED) is 0.386. The number of halogens is 3. The molecule has 0 fully saturated rings. The Kier molecular flexibility index (Phi) is 9.74. The number of benzene rings is 2. The Morgan fingerprint density at radius 1 is 0.846 bits per heavy atom. The molecule has 0 saturated heterocycles. The van der Waals surface area contributed by atoms with Crippen molar-refractivity contribution in [1.82, 2.24) is 0 Å². The van der Waals surface area contributed by atoms with Crippen molar-refractivity contribution in [2.75, 3.05) is 19.8 Å². The molecule has 3 nitrogen and oxygen atoms in total. The molecule has 0 aliphatic heterocycles. The van der Waals surface area contributed by atoms with Crippen LogP contribution in [0.1, 0.15) is 17.5 Å². The van der Waals surface area contributed by atoms with Crippen molar-refractivity contribution >= 4 is 0 Å². The van der Waals surface area contributed by atoms with Gasteiger partial charge in [0.15, 0.2) is 0 Å². The number of hydrogen-bond acceptors (Lipinski definition) is 3. The maximum Gasteiger partial charge on any atom is 0.392 e. The normalized spacial score (nSPS) is 10.9. The fourth-order valence-corrected chi connectivity index (χ4v) is 2.14.